The van der Waals surface area contributed by atoms with Crippen LogP contribution in [0.2, 0.25) is 0 Å². The van der Waals surface area contributed by atoms with Crippen molar-refractivity contribution in [3.63, 3.8) is 0 Å². The Labute approximate surface area is 130 Å². The Morgan fingerprint density at radius 1 is 1.29 bits per heavy atom. The van der Waals surface area contributed by atoms with Gasteiger partial charge in [0.15, 0.2) is 0 Å². The largest absolute Gasteiger partial charge is 0.271 e. The molecule has 0 aliphatic rings. The number of nitrogens with zero attached hydrogens (tertiary/aromatic N) is 1. The number of halogens is 3. The van der Waals surface area contributed by atoms with Crippen molar-refractivity contribution in [2.45, 2.75) is 25.8 Å². The van der Waals surface area contributed by atoms with Crippen LogP contribution >= 0.6 is 15.9 Å². The molecule has 1 aromatic heterocycles. The predicted molar refractivity (Wildman–Crippen MR) is 81.4 cm³/mol. The lowest BCUT2D eigenvalue weighted by atomic mass is 10.0. The zero-order valence-electron chi connectivity index (χ0n) is 11.5. The lowest BCUT2D eigenvalue weighted by molar-refractivity contribution is 0.469. The normalized spacial score (nSPS) is 12.4. The Morgan fingerprint density at radius 3 is 2.43 bits per heavy atom. The van der Waals surface area contributed by atoms with Crippen LogP contribution in [0.1, 0.15) is 29.8 Å². The molecule has 0 aliphatic carbocycles. The van der Waals surface area contributed by atoms with Crippen molar-refractivity contribution in [2.24, 2.45) is 5.84 Å². The number of pyridine rings is 1. The number of hydrogen-bond donors (Lipinski definition) is 2. The first-order valence-corrected chi connectivity index (χ1v) is 7.38. The number of benzene rings is 1. The zero-order chi connectivity index (χ0) is 15.4. The van der Waals surface area contributed by atoms with Crippen LogP contribution in [0, 0.1) is 11.6 Å². The predicted octanol–water partition coefficient (Wildman–Crippen LogP) is 3.43. The molecule has 0 bridgehead atoms. The van der Waals surface area contributed by atoms with Gasteiger partial charge in [0.05, 0.1) is 6.04 Å². The topological polar surface area (TPSA) is 50.9 Å². The maximum absolute atomic E-state index is 14.0. The molecular formula is C15H16BrF2N3. The second kappa shape index (κ2) is 7.06. The van der Waals surface area contributed by atoms with Gasteiger partial charge in [-0.15, -0.1) is 0 Å². The number of nitrogens with one attached hydrogen (secondary N) is 1. The molecule has 3 nitrogen and oxygen atoms in total. The van der Waals surface area contributed by atoms with Gasteiger partial charge in [0.1, 0.15) is 11.6 Å². The van der Waals surface area contributed by atoms with Crippen molar-refractivity contribution >= 4 is 15.9 Å². The summed E-state index contributed by atoms with van der Waals surface area (Å²) in [5.74, 6) is 4.17. The van der Waals surface area contributed by atoms with Gasteiger partial charge in [0, 0.05) is 28.3 Å². The van der Waals surface area contributed by atoms with Gasteiger partial charge in [0.25, 0.3) is 0 Å². The summed E-state index contributed by atoms with van der Waals surface area (Å²) >= 11 is 3.06. The van der Waals surface area contributed by atoms with Crippen LogP contribution in [0.4, 0.5) is 8.78 Å². The second-order valence-electron chi connectivity index (χ2n) is 4.72. The van der Waals surface area contributed by atoms with E-state index in [9.17, 15) is 8.78 Å². The number of aromatic nitrogens is 1. The first-order valence-electron chi connectivity index (χ1n) is 6.59. The fraction of sp³-hybridized carbons (Fsp3) is 0.267. The molecule has 112 valence electrons. The van der Waals surface area contributed by atoms with E-state index in [2.05, 4.69) is 26.3 Å². The molecule has 21 heavy (non-hydrogen) atoms. The van der Waals surface area contributed by atoms with Crippen LogP contribution in [-0.2, 0) is 12.8 Å². The van der Waals surface area contributed by atoms with E-state index in [1.807, 2.05) is 19.1 Å². The van der Waals surface area contributed by atoms with Gasteiger partial charge in [-0.05, 0) is 30.2 Å². The monoisotopic (exact) mass is 355 g/mol. The molecule has 1 aromatic carbocycles. The average Bonchev–Trinajstić information content (AvgIpc) is 2.45. The molecule has 3 N–H and O–H groups in total. The number of rotatable bonds is 5. The third-order valence-corrected chi connectivity index (χ3v) is 3.76. The first kappa shape index (κ1) is 16.0. The first-order chi connectivity index (χ1) is 10.0. The van der Waals surface area contributed by atoms with Gasteiger partial charge >= 0.3 is 0 Å². The van der Waals surface area contributed by atoms with Crippen LogP contribution in [-0.4, -0.2) is 4.98 Å². The summed E-state index contributed by atoms with van der Waals surface area (Å²) in [7, 11) is 0. The minimum atomic E-state index is -0.682. The van der Waals surface area contributed by atoms with E-state index in [1.54, 1.807) is 6.20 Å². The molecule has 0 spiro atoms. The summed E-state index contributed by atoms with van der Waals surface area (Å²) in [5.41, 5.74) is 4.21. The van der Waals surface area contributed by atoms with Gasteiger partial charge < -0.3 is 0 Å². The number of aryl methyl sites for hydroxylation is 1. The number of hydrazine groups is 1. The Hall–Kier alpha value is -1.37. The Balaban J connectivity index is 2.27. The van der Waals surface area contributed by atoms with Crippen molar-refractivity contribution in [3.05, 3.63) is 63.4 Å². The van der Waals surface area contributed by atoms with E-state index in [-0.39, 0.29) is 5.56 Å². The van der Waals surface area contributed by atoms with Crippen molar-refractivity contribution in [2.75, 3.05) is 0 Å². The summed E-state index contributed by atoms with van der Waals surface area (Å²) in [6.45, 7) is 2.04. The average molecular weight is 356 g/mol. The fourth-order valence-corrected chi connectivity index (χ4v) is 2.53. The maximum Gasteiger partial charge on any atom is 0.132 e. The summed E-state index contributed by atoms with van der Waals surface area (Å²) in [5, 5.41) is 0. The van der Waals surface area contributed by atoms with E-state index in [0.29, 0.717) is 10.9 Å². The van der Waals surface area contributed by atoms with Gasteiger partial charge in [-0.25, -0.2) is 8.78 Å². The molecule has 0 amide bonds. The molecular weight excluding hydrogens is 340 g/mol. The lowest BCUT2D eigenvalue weighted by Gasteiger charge is -2.18. The minimum absolute atomic E-state index is 0.0814. The van der Waals surface area contributed by atoms with Gasteiger partial charge in [-0.1, -0.05) is 28.9 Å². The van der Waals surface area contributed by atoms with Crippen molar-refractivity contribution < 1.29 is 8.78 Å². The van der Waals surface area contributed by atoms with Crippen LogP contribution in [0.25, 0.3) is 0 Å². The van der Waals surface area contributed by atoms with Gasteiger partial charge in [-0.2, -0.15) is 0 Å². The molecule has 1 atom stereocenters. The summed E-state index contributed by atoms with van der Waals surface area (Å²) in [6, 6.07) is 5.55. The molecule has 0 saturated heterocycles. The van der Waals surface area contributed by atoms with E-state index >= 15 is 0 Å². The SMILES string of the molecule is CCc1ccc(CC(NN)c2c(F)cc(Br)cc2F)nc1. The van der Waals surface area contributed by atoms with Crippen molar-refractivity contribution in [3.8, 4) is 0 Å². The highest BCUT2D eigenvalue weighted by molar-refractivity contribution is 9.10. The summed E-state index contributed by atoms with van der Waals surface area (Å²) in [6.07, 6.45) is 2.95. The smallest absolute Gasteiger partial charge is 0.132 e. The van der Waals surface area contributed by atoms with Gasteiger partial charge in [0.2, 0.25) is 0 Å². The van der Waals surface area contributed by atoms with Crippen molar-refractivity contribution in [1.82, 2.24) is 10.4 Å². The highest BCUT2D eigenvalue weighted by atomic mass is 79.9. The fourth-order valence-electron chi connectivity index (χ4n) is 2.12. The van der Waals surface area contributed by atoms with Crippen LogP contribution in [0.15, 0.2) is 34.9 Å². The molecule has 2 aromatic rings. The molecule has 1 heterocycles. The Bertz CT molecular complexity index is 594. The quantitative estimate of drug-likeness (QED) is 0.638. The Morgan fingerprint density at radius 2 is 1.95 bits per heavy atom. The number of hydrogen-bond acceptors (Lipinski definition) is 3. The summed E-state index contributed by atoms with van der Waals surface area (Å²) in [4.78, 5) is 4.29. The van der Waals surface area contributed by atoms with E-state index in [4.69, 9.17) is 5.84 Å². The van der Waals surface area contributed by atoms with E-state index in [0.717, 1.165) is 17.7 Å². The Kier molecular flexibility index (Phi) is 5.39. The minimum Gasteiger partial charge on any atom is -0.271 e. The highest BCUT2D eigenvalue weighted by Gasteiger charge is 2.21. The highest BCUT2D eigenvalue weighted by Crippen LogP contribution is 2.26. The summed E-state index contributed by atoms with van der Waals surface area (Å²) < 4.78 is 28.3. The zero-order valence-corrected chi connectivity index (χ0v) is 13.1. The second-order valence-corrected chi connectivity index (χ2v) is 5.63. The number of nitrogens with two attached hydrogens (primary N) is 1. The molecule has 0 radical (unpaired) electrons. The third kappa shape index (κ3) is 3.84. The molecule has 2 rings (SSSR count). The molecule has 0 aliphatic heterocycles. The van der Waals surface area contributed by atoms with Gasteiger partial charge in [-0.3, -0.25) is 16.3 Å². The van der Waals surface area contributed by atoms with Crippen molar-refractivity contribution in [1.29, 1.82) is 0 Å². The molecule has 0 fully saturated rings. The third-order valence-electron chi connectivity index (χ3n) is 3.30. The molecule has 1 unspecified atom stereocenters. The lowest BCUT2D eigenvalue weighted by Crippen LogP contribution is -2.31. The van der Waals surface area contributed by atoms with Crippen LogP contribution in [0.3, 0.4) is 0 Å². The standard InChI is InChI=1S/C15H16BrF2N3/c1-2-9-3-4-11(20-8-9)7-14(21-19)15-12(17)5-10(16)6-13(15)18/h3-6,8,14,21H,2,7,19H2,1H3. The van der Waals surface area contributed by atoms with Crippen LogP contribution in [0.5, 0.6) is 0 Å². The van der Waals surface area contributed by atoms with E-state index < -0.39 is 17.7 Å². The molecule has 0 saturated carbocycles. The molecule has 6 heteroatoms. The van der Waals surface area contributed by atoms with Crippen LogP contribution < -0.4 is 11.3 Å². The van der Waals surface area contributed by atoms with E-state index in [1.165, 1.54) is 12.1 Å². The maximum atomic E-state index is 14.0.